The first kappa shape index (κ1) is 12.0. The fourth-order valence-corrected chi connectivity index (χ4v) is 1.45. The highest BCUT2D eigenvalue weighted by Crippen LogP contribution is 2.10. The van der Waals surface area contributed by atoms with Gasteiger partial charge < -0.3 is 10.6 Å². The van der Waals surface area contributed by atoms with Gasteiger partial charge in [-0.1, -0.05) is 0 Å². The summed E-state index contributed by atoms with van der Waals surface area (Å²) in [4.78, 5) is 20.1. The summed E-state index contributed by atoms with van der Waals surface area (Å²) in [6.45, 7) is 1.89. The van der Waals surface area contributed by atoms with Crippen molar-refractivity contribution in [2.45, 2.75) is 6.92 Å². The van der Waals surface area contributed by atoms with E-state index in [0.29, 0.717) is 11.4 Å². The number of carbonyl (C=O) groups excluding carboxylic acids is 1. The Hall–Kier alpha value is -2.43. The van der Waals surface area contributed by atoms with Crippen LogP contribution in [0.5, 0.6) is 0 Å². The molecule has 1 amide bonds. The maximum Gasteiger partial charge on any atom is 0.274 e. The molecule has 2 aromatic rings. The van der Waals surface area contributed by atoms with E-state index >= 15 is 0 Å². The zero-order valence-electron chi connectivity index (χ0n) is 10.3. The molecule has 0 spiro atoms. The number of hydrogen-bond acceptors (Lipinski definition) is 4. The number of anilines is 2. The van der Waals surface area contributed by atoms with E-state index in [-0.39, 0.29) is 5.91 Å². The Morgan fingerprint density at radius 2 is 2.00 bits per heavy atom. The van der Waals surface area contributed by atoms with Gasteiger partial charge in [-0.15, -0.1) is 0 Å². The van der Waals surface area contributed by atoms with Gasteiger partial charge in [0.1, 0.15) is 5.69 Å². The predicted octanol–water partition coefficient (Wildman–Crippen LogP) is 2.08. The van der Waals surface area contributed by atoms with E-state index in [1.807, 2.05) is 19.1 Å². The van der Waals surface area contributed by atoms with Gasteiger partial charge in [0, 0.05) is 24.6 Å². The minimum atomic E-state index is -0.252. The highest BCUT2D eigenvalue weighted by Gasteiger charge is 2.08. The number of aryl methyl sites for hydroxylation is 1. The van der Waals surface area contributed by atoms with Gasteiger partial charge in [-0.25, -0.2) is 0 Å². The molecule has 0 atom stereocenters. The highest BCUT2D eigenvalue weighted by atomic mass is 16.1. The van der Waals surface area contributed by atoms with Crippen molar-refractivity contribution in [1.82, 2.24) is 9.97 Å². The Kier molecular flexibility index (Phi) is 3.52. The maximum absolute atomic E-state index is 11.9. The molecule has 0 aromatic carbocycles. The van der Waals surface area contributed by atoms with Crippen LogP contribution in [-0.2, 0) is 0 Å². The number of rotatable bonds is 3. The van der Waals surface area contributed by atoms with E-state index in [9.17, 15) is 4.79 Å². The zero-order chi connectivity index (χ0) is 13.0. The Morgan fingerprint density at radius 1 is 1.17 bits per heavy atom. The molecular formula is C13H14N4O. The number of carbonyl (C=O) groups is 1. The van der Waals surface area contributed by atoms with Crippen molar-refractivity contribution in [2.24, 2.45) is 0 Å². The number of hydrogen-bond donors (Lipinski definition) is 2. The lowest BCUT2D eigenvalue weighted by Gasteiger charge is -2.06. The Morgan fingerprint density at radius 3 is 2.67 bits per heavy atom. The largest absolute Gasteiger partial charge is 0.388 e. The molecule has 2 aromatic heterocycles. The van der Waals surface area contributed by atoms with E-state index in [1.165, 1.54) is 0 Å². The summed E-state index contributed by atoms with van der Waals surface area (Å²) in [6, 6.07) is 7.14. The third-order valence-corrected chi connectivity index (χ3v) is 2.45. The summed E-state index contributed by atoms with van der Waals surface area (Å²) in [7, 11) is 1.79. The van der Waals surface area contributed by atoms with Crippen LogP contribution >= 0.6 is 0 Å². The molecule has 5 nitrogen and oxygen atoms in total. The van der Waals surface area contributed by atoms with E-state index < -0.39 is 0 Å². The van der Waals surface area contributed by atoms with E-state index in [4.69, 9.17) is 0 Å². The number of pyridine rings is 2. The monoisotopic (exact) mass is 242 g/mol. The van der Waals surface area contributed by atoms with Gasteiger partial charge >= 0.3 is 0 Å². The molecule has 2 N–H and O–H groups in total. The molecule has 92 valence electrons. The smallest absolute Gasteiger partial charge is 0.274 e. The molecule has 0 saturated heterocycles. The Bertz CT molecular complexity index is 551. The van der Waals surface area contributed by atoms with Crippen molar-refractivity contribution in [3.05, 3.63) is 48.0 Å². The molecule has 0 bridgehead atoms. The molecule has 0 unspecified atom stereocenters. The molecule has 2 heterocycles. The average Bonchev–Trinajstić information content (AvgIpc) is 2.41. The predicted molar refractivity (Wildman–Crippen MR) is 70.7 cm³/mol. The minimum absolute atomic E-state index is 0.252. The first-order valence-corrected chi connectivity index (χ1v) is 5.57. The second-order valence-corrected chi connectivity index (χ2v) is 3.82. The van der Waals surface area contributed by atoms with Crippen molar-refractivity contribution < 1.29 is 4.79 Å². The van der Waals surface area contributed by atoms with Gasteiger partial charge in [-0.05, 0) is 31.2 Å². The highest BCUT2D eigenvalue weighted by molar-refractivity contribution is 6.03. The lowest BCUT2D eigenvalue weighted by atomic mass is 10.3. The SMILES string of the molecule is CNc1ccnc(C(=O)Nc2ccc(C)nc2)c1. The summed E-state index contributed by atoms with van der Waals surface area (Å²) in [6.07, 6.45) is 3.21. The van der Waals surface area contributed by atoms with Crippen LogP contribution in [0.1, 0.15) is 16.2 Å². The maximum atomic E-state index is 11.9. The quantitative estimate of drug-likeness (QED) is 0.864. The summed E-state index contributed by atoms with van der Waals surface area (Å²) in [5, 5.41) is 5.71. The molecule has 0 aliphatic heterocycles. The standard InChI is InChI=1S/C13H14N4O/c1-9-3-4-11(8-16-9)17-13(18)12-7-10(14-2)5-6-15-12/h3-8H,1-2H3,(H,14,15)(H,17,18). The number of nitrogens with one attached hydrogen (secondary N) is 2. The van der Waals surface area contributed by atoms with Gasteiger partial charge in [0.15, 0.2) is 0 Å². The third-order valence-electron chi connectivity index (χ3n) is 2.45. The van der Waals surface area contributed by atoms with Crippen LogP contribution in [0.2, 0.25) is 0 Å². The van der Waals surface area contributed by atoms with Gasteiger partial charge in [-0.2, -0.15) is 0 Å². The first-order valence-electron chi connectivity index (χ1n) is 5.57. The minimum Gasteiger partial charge on any atom is -0.388 e. The normalized spacial score (nSPS) is 9.89. The van der Waals surface area contributed by atoms with Crippen molar-refractivity contribution in [1.29, 1.82) is 0 Å². The van der Waals surface area contributed by atoms with Gasteiger partial charge in [0.2, 0.25) is 0 Å². The number of aromatic nitrogens is 2. The van der Waals surface area contributed by atoms with Gasteiger partial charge in [0.25, 0.3) is 5.91 Å². The van der Waals surface area contributed by atoms with Crippen LogP contribution in [0.15, 0.2) is 36.7 Å². The van der Waals surface area contributed by atoms with Crippen LogP contribution in [0, 0.1) is 6.92 Å². The van der Waals surface area contributed by atoms with E-state index in [2.05, 4.69) is 20.6 Å². The molecule has 0 radical (unpaired) electrons. The molecule has 0 saturated carbocycles. The van der Waals surface area contributed by atoms with E-state index in [1.54, 1.807) is 31.6 Å². The van der Waals surface area contributed by atoms with E-state index in [0.717, 1.165) is 11.4 Å². The molecule has 0 aliphatic carbocycles. The second-order valence-electron chi connectivity index (χ2n) is 3.82. The molecule has 0 fully saturated rings. The molecule has 5 heteroatoms. The summed E-state index contributed by atoms with van der Waals surface area (Å²) in [5.41, 5.74) is 2.77. The van der Waals surface area contributed by atoms with Crippen molar-refractivity contribution >= 4 is 17.3 Å². The summed E-state index contributed by atoms with van der Waals surface area (Å²) < 4.78 is 0. The number of nitrogens with zero attached hydrogens (tertiary/aromatic N) is 2. The van der Waals surface area contributed by atoms with Gasteiger partial charge in [-0.3, -0.25) is 14.8 Å². The van der Waals surface area contributed by atoms with Gasteiger partial charge in [0.05, 0.1) is 11.9 Å². The zero-order valence-corrected chi connectivity index (χ0v) is 10.3. The second kappa shape index (κ2) is 5.27. The molecule has 18 heavy (non-hydrogen) atoms. The lowest BCUT2D eigenvalue weighted by Crippen LogP contribution is -2.14. The van der Waals surface area contributed by atoms with Crippen molar-refractivity contribution in [3.63, 3.8) is 0 Å². The van der Waals surface area contributed by atoms with Crippen molar-refractivity contribution in [3.8, 4) is 0 Å². The molecule has 0 aliphatic rings. The van der Waals surface area contributed by atoms with Crippen LogP contribution in [0.25, 0.3) is 0 Å². The fraction of sp³-hybridized carbons (Fsp3) is 0.154. The third kappa shape index (κ3) is 2.82. The van der Waals surface area contributed by atoms with Crippen LogP contribution in [-0.4, -0.2) is 22.9 Å². The molecule has 2 rings (SSSR count). The molecular weight excluding hydrogens is 228 g/mol. The average molecular weight is 242 g/mol. The summed E-state index contributed by atoms with van der Waals surface area (Å²) in [5.74, 6) is -0.252. The van der Waals surface area contributed by atoms with Crippen LogP contribution in [0.3, 0.4) is 0 Å². The topological polar surface area (TPSA) is 66.9 Å². The van der Waals surface area contributed by atoms with Crippen LogP contribution < -0.4 is 10.6 Å². The Labute approximate surface area is 105 Å². The first-order chi connectivity index (χ1) is 8.69. The van der Waals surface area contributed by atoms with Crippen LogP contribution in [0.4, 0.5) is 11.4 Å². The fourth-order valence-electron chi connectivity index (χ4n) is 1.45. The van der Waals surface area contributed by atoms with Crippen molar-refractivity contribution in [2.75, 3.05) is 17.7 Å². The Balaban J connectivity index is 2.14. The lowest BCUT2D eigenvalue weighted by molar-refractivity contribution is 0.102. The summed E-state index contributed by atoms with van der Waals surface area (Å²) >= 11 is 0. The number of amides is 1.